The molecular formula is C11H20O. The Morgan fingerprint density at radius 3 is 1.67 bits per heavy atom. The maximum Gasteiger partial charge on any atom is 0.0675 e. The number of rotatable bonds is 0. The van der Waals surface area contributed by atoms with Crippen molar-refractivity contribution in [2.75, 3.05) is 0 Å². The van der Waals surface area contributed by atoms with Crippen LogP contribution in [0.25, 0.3) is 0 Å². The second-order valence-corrected chi connectivity index (χ2v) is 4.97. The summed E-state index contributed by atoms with van der Waals surface area (Å²) in [4.78, 5) is 0. The van der Waals surface area contributed by atoms with E-state index in [4.69, 9.17) is 0 Å². The second kappa shape index (κ2) is 2.73. The minimum Gasteiger partial charge on any atom is -0.390 e. The summed E-state index contributed by atoms with van der Waals surface area (Å²) >= 11 is 0. The summed E-state index contributed by atoms with van der Waals surface area (Å²) in [6, 6.07) is 0. The molecule has 0 amide bonds. The van der Waals surface area contributed by atoms with Gasteiger partial charge in [0.15, 0.2) is 0 Å². The number of aliphatic hydroxyl groups is 1. The molecule has 1 heteroatoms. The van der Waals surface area contributed by atoms with Crippen LogP contribution in [0.4, 0.5) is 0 Å². The molecule has 12 heavy (non-hydrogen) atoms. The summed E-state index contributed by atoms with van der Waals surface area (Å²) in [5.74, 6) is 0. The van der Waals surface area contributed by atoms with Gasteiger partial charge in [0, 0.05) is 0 Å². The van der Waals surface area contributed by atoms with E-state index in [1.54, 1.807) is 0 Å². The first-order valence-corrected chi connectivity index (χ1v) is 5.39. The standard InChI is InChI=1S/C11H20O/c1-10(12)6-2-3-7-11(10)8-4-5-9-11/h12H,2-9H2,1H3. The zero-order chi connectivity index (χ0) is 8.66. The van der Waals surface area contributed by atoms with Crippen LogP contribution >= 0.6 is 0 Å². The molecule has 2 aliphatic rings. The molecule has 2 fully saturated rings. The molecule has 0 aromatic rings. The van der Waals surface area contributed by atoms with Gasteiger partial charge in [0.1, 0.15) is 0 Å². The normalized spacial score (nSPS) is 40.5. The Morgan fingerprint density at radius 2 is 1.25 bits per heavy atom. The molecular weight excluding hydrogens is 148 g/mol. The molecule has 0 heterocycles. The Hall–Kier alpha value is -0.0400. The van der Waals surface area contributed by atoms with E-state index in [2.05, 4.69) is 6.92 Å². The largest absolute Gasteiger partial charge is 0.390 e. The van der Waals surface area contributed by atoms with Gasteiger partial charge < -0.3 is 5.11 Å². The molecule has 0 aromatic heterocycles. The predicted octanol–water partition coefficient (Wildman–Crippen LogP) is 2.87. The van der Waals surface area contributed by atoms with E-state index in [9.17, 15) is 5.11 Å². The third kappa shape index (κ3) is 1.10. The molecule has 1 N–H and O–H groups in total. The van der Waals surface area contributed by atoms with Gasteiger partial charge in [-0.25, -0.2) is 0 Å². The monoisotopic (exact) mass is 168 g/mol. The fraction of sp³-hybridized carbons (Fsp3) is 1.00. The lowest BCUT2D eigenvalue weighted by Gasteiger charge is -2.46. The first-order valence-electron chi connectivity index (χ1n) is 5.39. The van der Waals surface area contributed by atoms with Crippen LogP contribution in [-0.4, -0.2) is 10.7 Å². The summed E-state index contributed by atoms with van der Waals surface area (Å²) in [6.45, 7) is 2.07. The molecule has 2 saturated carbocycles. The van der Waals surface area contributed by atoms with Crippen LogP contribution in [0.5, 0.6) is 0 Å². The van der Waals surface area contributed by atoms with Crippen LogP contribution in [-0.2, 0) is 0 Å². The third-order valence-corrected chi connectivity index (χ3v) is 4.27. The van der Waals surface area contributed by atoms with Gasteiger partial charge in [-0.2, -0.15) is 0 Å². The maximum atomic E-state index is 10.3. The molecule has 2 rings (SSSR count). The van der Waals surface area contributed by atoms with E-state index >= 15 is 0 Å². The zero-order valence-electron chi connectivity index (χ0n) is 8.10. The number of hydrogen-bond acceptors (Lipinski definition) is 1. The van der Waals surface area contributed by atoms with Crippen molar-refractivity contribution in [3.63, 3.8) is 0 Å². The lowest BCUT2D eigenvalue weighted by atomic mass is 9.63. The van der Waals surface area contributed by atoms with E-state index in [1.807, 2.05) is 0 Å². The number of hydrogen-bond donors (Lipinski definition) is 1. The molecule has 1 nitrogen and oxygen atoms in total. The van der Waals surface area contributed by atoms with Crippen molar-refractivity contribution in [2.24, 2.45) is 5.41 Å². The van der Waals surface area contributed by atoms with Crippen LogP contribution in [0.15, 0.2) is 0 Å². The predicted molar refractivity (Wildman–Crippen MR) is 50.0 cm³/mol. The van der Waals surface area contributed by atoms with Crippen LogP contribution < -0.4 is 0 Å². The Bertz CT molecular complexity index is 166. The SMILES string of the molecule is CC1(O)CCCCC12CCCC2. The Balaban J connectivity index is 2.19. The Labute approximate surface area is 75.2 Å². The van der Waals surface area contributed by atoms with E-state index in [0.29, 0.717) is 5.41 Å². The maximum absolute atomic E-state index is 10.3. The summed E-state index contributed by atoms with van der Waals surface area (Å²) in [5.41, 5.74) is -0.0208. The van der Waals surface area contributed by atoms with Crippen LogP contribution in [0, 0.1) is 5.41 Å². The van der Waals surface area contributed by atoms with Gasteiger partial charge in [0.2, 0.25) is 0 Å². The third-order valence-electron chi connectivity index (χ3n) is 4.27. The van der Waals surface area contributed by atoms with Crippen LogP contribution in [0.1, 0.15) is 58.3 Å². The first-order chi connectivity index (χ1) is 5.66. The van der Waals surface area contributed by atoms with E-state index in [0.717, 1.165) is 6.42 Å². The van der Waals surface area contributed by atoms with Gasteiger partial charge in [0.25, 0.3) is 0 Å². The van der Waals surface area contributed by atoms with Crippen molar-refractivity contribution >= 4 is 0 Å². The van der Waals surface area contributed by atoms with Gasteiger partial charge in [-0.15, -0.1) is 0 Å². The minimum absolute atomic E-state index is 0.325. The minimum atomic E-state index is -0.345. The molecule has 1 atom stereocenters. The molecule has 0 bridgehead atoms. The van der Waals surface area contributed by atoms with Gasteiger partial charge in [-0.3, -0.25) is 0 Å². The smallest absolute Gasteiger partial charge is 0.0675 e. The molecule has 0 saturated heterocycles. The van der Waals surface area contributed by atoms with Crippen LogP contribution in [0.2, 0.25) is 0 Å². The summed E-state index contributed by atoms with van der Waals surface area (Å²) < 4.78 is 0. The fourth-order valence-electron chi connectivity index (χ4n) is 3.31. The van der Waals surface area contributed by atoms with E-state index < -0.39 is 0 Å². The second-order valence-electron chi connectivity index (χ2n) is 4.97. The highest BCUT2D eigenvalue weighted by Gasteiger charge is 2.49. The van der Waals surface area contributed by atoms with Crippen LogP contribution in [0.3, 0.4) is 0 Å². The van der Waals surface area contributed by atoms with Crippen molar-refractivity contribution in [1.29, 1.82) is 0 Å². The zero-order valence-corrected chi connectivity index (χ0v) is 8.10. The highest BCUT2D eigenvalue weighted by atomic mass is 16.3. The molecule has 1 unspecified atom stereocenters. The lowest BCUT2D eigenvalue weighted by Crippen LogP contribution is -2.46. The molecule has 1 spiro atoms. The molecule has 70 valence electrons. The average Bonchev–Trinajstić information content (AvgIpc) is 2.46. The summed E-state index contributed by atoms with van der Waals surface area (Å²) in [7, 11) is 0. The van der Waals surface area contributed by atoms with Gasteiger partial charge in [-0.05, 0) is 38.0 Å². The topological polar surface area (TPSA) is 20.2 Å². The van der Waals surface area contributed by atoms with Crippen molar-refractivity contribution in [1.82, 2.24) is 0 Å². The van der Waals surface area contributed by atoms with Crippen molar-refractivity contribution < 1.29 is 5.11 Å². The lowest BCUT2D eigenvalue weighted by molar-refractivity contribution is -0.0978. The molecule has 0 aromatic carbocycles. The average molecular weight is 168 g/mol. The van der Waals surface area contributed by atoms with Gasteiger partial charge in [-0.1, -0.05) is 25.7 Å². The molecule has 2 aliphatic carbocycles. The van der Waals surface area contributed by atoms with Crippen molar-refractivity contribution in [2.45, 2.75) is 63.9 Å². The van der Waals surface area contributed by atoms with Crippen molar-refractivity contribution in [3.05, 3.63) is 0 Å². The highest BCUT2D eigenvalue weighted by molar-refractivity contribution is 5.01. The highest BCUT2D eigenvalue weighted by Crippen LogP contribution is 2.54. The van der Waals surface area contributed by atoms with Gasteiger partial charge >= 0.3 is 0 Å². The van der Waals surface area contributed by atoms with Crippen molar-refractivity contribution in [3.8, 4) is 0 Å². The summed E-state index contributed by atoms with van der Waals surface area (Å²) in [5, 5.41) is 10.3. The Kier molecular flexibility index (Phi) is 1.95. The fourth-order valence-corrected chi connectivity index (χ4v) is 3.31. The Morgan fingerprint density at radius 1 is 0.833 bits per heavy atom. The summed E-state index contributed by atoms with van der Waals surface area (Å²) in [6.07, 6.45) is 10.1. The quantitative estimate of drug-likeness (QED) is 0.589. The molecule has 0 aliphatic heterocycles. The van der Waals surface area contributed by atoms with E-state index in [-0.39, 0.29) is 5.60 Å². The first kappa shape index (κ1) is 8.55. The molecule has 0 radical (unpaired) electrons. The van der Waals surface area contributed by atoms with E-state index in [1.165, 1.54) is 44.9 Å². The van der Waals surface area contributed by atoms with Gasteiger partial charge in [0.05, 0.1) is 5.60 Å².